The molecule has 0 spiro atoms. The third kappa shape index (κ3) is 42.8. The molecule has 1 unspecified atom stereocenters. The highest BCUT2D eigenvalue weighted by Gasteiger charge is 2.19. The van der Waals surface area contributed by atoms with Crippen molar-refractivity contribution in [2.75, 3.05) is 13.2 Å². The van der Waals surface area contributed by atoms with Crippen molar-refractivity contribution in [3.05, 3.63) is 36.5 Å². The summed E-state index contributed by atoms with van der Waals surface area (Å²) in [6, 6.07) is 0. The van der Waals surface area contributed by atoms with Gasteiger partial charge in [-0.05, 0) is 77.0 Å². The van der Waals surface area contributed by atoms with Gasteiger partial charge in [-0.2, -0.15) is 0 Å². The molecule has 0 aliphatic rings. The SMILES string of the molecule is CCCCC/C=C\CCCCCCCC(=O)OC(COC(=O)CCCCCCC)COC(=O)CCCCCCCCCCC/C=C\C/C=C\CCCCCCC. The van der Waals surface area contributed by atoms with Crippen molar-refractivity contribution in [1.82, 2.24) is 0 Å². The maximum Gasteiger partial charge on any atom is 0.306 e. The van der Waals surface area contributed by atoms with Gasteiger partial charge in [0.2, 0.25) is 0 Å². The molecule has 0 saturated carbocycles. The summed E-state index contributed by atoms with van der Waals surface area (Å²) in [6.45, 7) is 6.51. The van der Waals surface area contributed by atoms with E-state index in [1.807, 2.05) is 0 Å². The zero-order valence-corrected chi connectivity index (χ0v) is 37.2. The number of allylic oxidation sites excluding steroid dienone is 6. The molecule has 0 rings (SSSR count). The van der Waals surface area contributed by atoms with Crippen molar-refractivity contribution >= 4 is 17.9 Å². The Morgan fingerprint density at radius 3 is 1.04 bits per heavy atom. The summed E-state index contributed by atoms with van der Waals surface area (Å²) in [5.74, 6) is -0.901. The van der Waals surface area contributed by atoms with Gasteiger partial charge in [0.1, 0.15) is 13.2 Å². The topological polar surface area (TPSA) is 78.9 Å². The fraction of sp³-hybridized carbons (Fsp3) is 0.820. The summed E-state index contributed by atoms with van der Waals surface area (Å²) in [6.07, 6.45) is 51.6. The van der Waals surface area contributed by atoms with Gasteiger partial charge < -0.3 is 14.2 Å². The van der Waals surface area contributed by atoms with Crippen LogP contribution in [0.2, 0.25) is 0 Å². The number of hydrogen-bond acceptors (Lipinski definition) is 6. The minimum absolute atomic E-state index is 0.0770. The maximum atomic E-state index is 12.7. The molecule has 56 heavy (non-hydrogen) atoms. The Balaban J connectivity index is 4.14. The lowest BCUT2D eigenvalue weighted by Crippen LogP contribution is -2.30. The molecular weight excluding hydrogens is 697 g/mol. The van der Waals surface area contributed by atoms with E-state index < -0.39 is 6.10 Å². The molecule has 0 saturated heterocycles. The summed E-state index contributed by atoms with van der Waals surface area (Å²) in [4.78, 5) is 37.5. The van der Waals surface area contributed by atoms with E-state index in [1.54, 1.807) is 0 Å². The largest absolute Gasteiger partial charge is 0.462 e. The van der Waals surface area contributed by atoms with Crippen LogP contribution in [-0.2, 0) is 28.6 Å². The van der Waals surface area contributed by atoms with Crippen molar-refractivity contribution in [3.63, 3.8) is 0 Å². The molecule has 0 bridgehead atoms. The van der Waals surface area contributed by atoms with Crippen LogP contribution in [-0.4, -0.2) is 37.2 Å². The second-order valence-electron chi connectivity index (χ2n) is 16.0. The van der Waals surface area contributed by atoms with Crippen molar-refractivity contribution in [2.24, 2.45) is 0 Å². The molecule has 326 valence electrons. The monoisotopic (exact) mass is 787 g/mol. The van der Waals surface area contributed by atoms with E-state index in [2.05, 4.69) is 57.2 Å². The van der Waals surface area contributed by atoms with E-state index in [4.69, 9.17) is 14.2 Å². The van der Waals surface area contributed by atoms with E-state index in [-0.39, 0.29) is 31.1 Å². The second kappa shape index (κ2) is 45.3. The van der Waals surface area contributed by atoms with E-state index in [1.165, 1.54) is 122 Å². The van der Waals surface area contributed by atoms with E-state index >= 15 is 0 Å². The Hall–Kier alpha value is -2.37. The number of hydrogen-bond donors (Lipinski definition) is 0. The maximum absolute atomic E-state index is 12.7. The molecule has 0 amide bonds. The molecular formula is C50H90O6. The predicted octanol–water partition coefficient (Wildman–Crippen LogP) is 15.4. The molecule has 0 fully saturated rings. The summed E-state index contributed by atoms with van der Waals surface area (Å²) in [5.41, 5.74) is 0. The average Bonchev–Trinajstić information content (AvgIpc) is 3.19. The van der Waals surface area contributed by atoms with Crippen LogP contribution in [0.25, 0.3) is 0 Å². The predicted molar refractivity (Wildman–Crippen MR) is 238 cm³/mol. The van der Waals surface area contributed by atoms with Gasteiger partial charge in [-0.3, -0.25) is 14.4 Å². The van der Waals surface area contributed by atoms with Gasteiger partial charge in [0, 0.05) is 19.3 Å². The molecule has 0 heterocycles. The fourth-order valence-electron chi connectivity index (χ4n) is 6.70. The molecule has 0 radical (unpaired) electrons. The van der Waals surface area contributed by atoms with E-state index in [9.17, 15) is 14.4 Å². The smallest absolute Gasteiger partial charge is 0.306 e. The third-order valence-electron chi connectivity index (χ3n) is 10.4. The number of unbranched alkanes of at least 4 members (excludes halogenated alkanes) is 26. The number of esters is 3. The van der Waals surface area contributed by atoms with Crippen LogP contribution in [0.3, 0.4) is 0 Å². The van der Waals surface area contributed by atoms with Gasteiger partial charge in [-0.25, -0.2) is 0 Å². The molecule has 1 atom stereocenters. The Morgan fingerprint density at radius 2 is 0.643 bits per heavy atom. The molecule has 0 aromatic rings. The van der Waals surface area contributed by atoms with Crippen LogP contribution in [0.1, 0.15) is 245 Å². The highest BCUT2D eigenvalue weighted by atomic mass is 16.6. The summed E-state index contributed by atoms with van der Waals surface area (Å²) >= 11 is 0. The normalized spacial score (nSPS) is 12.3. The van der Waals surface area contributed by atoms with Crippen LogP contribution in [0.5, 0.6) is 0 Å². The third-order valence-corrected chi connectivity index (χ3v) is 10.4. The van der Waals surface area contributed by atoms with Crippen molar-refractivity contribution in [1.29, 1.82) is 0 Å². The van der Waals surface area contributed by atoms with Crippen LogP contribution >= 0.6 is 0 Å². The lowest BCUT2D eigenvalue weighted by molar-refractivity contribution is -0.167. The van der Waals surface area contributed by atoms with E-state index in [0.29, 0.717) is 19.3 Å². The number of rotatable bonds is 43. The zero-order chi connectivity index (χ0) is 40.8. The van der Waals surface area contributed by atoms with Crippen LogP contribution in [0.4, 0.5) is 0 Å². The molecule has 0 aliphatic heterocycles. The van der Waals surface area contributed by atoms with E-state index in [0.717, 1.165) is 83.5 Å². The molecule has 6 heteroatoms. The summed E-state index contributed by atoms with van der Waals surface area (Å²) in [5, 5.41) is 0. The van der Waals surface area contributed by atoms with Crippen molar-refractivity contribution in [2.45, 2.75) is 252 Å². The summed E-state index contributed by atoms with van der Waals surface area (Å²) < 4.78 is 16.6. The molecule has 0 N–H and O–H groups in total. The average molecular weight is 787 g/mol. The standard InChI is InChI=1S/C50H90O6/c1-4-7-10-13-15-17-19-21-22-23-24-25-26-27-28-29-31-32-34-37-40-43-49(52)55-46-47(45-54-48(51)42-39-36-12-9-6-3)56-50(53)44-41-38-35-33-30-20-18-16-14-11-8-5-2/h16,18-19,21,23-24,47H,4-15,17,20,22,25-46H2,1-3H3/b18-16-,21-19-,24-23-. The first-order valence-electron chi connectivity index (χ1n) is 24.0. The van der Waals surface area contributed by atoms with Crippen LogP contribution in [0, 0.1) is 0 Å². The van der Waals surface area contributed by atoms with Crippen LogP contribution in [0.15, 0.2) is 36.5 Å². The first-order valence-corrected chi connectivity index (χ1v) is 24.0. The molecule has 0 aromatic carbocycles. The minimum Gasteiger partial charge on any atom is -0.462 e. The first-order chi connectivity index (χ1) is 27.5. The fourth-order valence-corrected chi connectivity index (χ4v) is 6.70. The lowest BCUT2D eigenvalue weighted by Gasteiger charge is -2.18. The molecule has 0 aliphatic carbocycles. The molecule has 0 aromatic heterocycles. The Labute approximate surface area is 346 Å². The minimum atomic E-state index is -0.771. The number of ether oxygens (including phenoxy) is 3. The number of carbonyl (C=O) groups is 3. The zero-order valence-electron chi connectivity index (χ0n) is 37.2. The van der Waals surface area contributed by atoms with Gasteiger partial charge in [0.15, 0.2) is 6.10 Å². The quantitative estimate of drug-likeness (QED) is 0.0265. The van der Waals surface area contributed by atoms with Gasteiger partial charge in [0.05, 0.1) is 0 Å². The van der Waals surface area contributed by atoms with Crippen molar-refractivity contribution < 1.29 is 28.6 Å². The lowest BCUT2D eigenvalue weighted by atomic mass is 10.1. The molecule has 6 nitrogen and oxygen atoms in total. The van der Waals surface area contributed by atoms with Gasteiger partial charge in [0.25, 0.3) is 0 Å². The van der Waals surface area contributed by atoms with Gasteiger partial charge in [-0.15, -0.1) is 0 Å². The van der Waals surface area contributed by atoms with Gasteiger partial charge >= 0.3 is 17.9 Å². The van der Waals surface area contributed by atoms with Crippen LogP contribution < -0.4 is 0 Å². The second-order valence-corrected chi connectivity index (χ2v) is 16.0. The first kappa shape index (κ1) is 53.6. The summed E-state index contributed by atoms with van der Waals surface area (Å²) in [7, 11) is 0. The van der Waals surface area contributed by atoms with Gasteiger partial charge in [-0.1, -0.05) is 186 Å². The Kier molecular flexibility index (Phi) is 43.4. The Bertz CT molecular complexity index is 953. The number of carbonyl (C=O) groups excluding carboxylic acids is 3. The highest BCUT2D eigenvalue weighted by molar-refractivity contribution is 5.71. The highest BCUT2D eigenvalue weighted by Crippen LogP contribution is 2.14. The Morgan fingerprint density at radius 1 is 0.357 bits per heavy atom. The van der Waals surface area contributed by atoms with Crippen molar-refractivity contribution in [3.8, 4) is 0 Å².